The van der Waals surface area contributed by atoms with Crippen LogP contribution in [-0.2, 0) is 11.1 Å². The maximum absolute atomic E-state index is 11.8. The Morgan fingerprint density at radius 3 is 1.55 bits per heavy atom. The van der Waals surface area contributed by atoms with Crippen molar-refractivity contribution < 1.29 is 27.5 Å². The van der Waals surface area contributed by atoms with Crippen LogP contribution in [0.2, 0.25) is 0 Å². The molecule has 0 bridgehead atoms. The van der Waals surface area contributed by atoms with Crippen molar-refractivity contribution >= 4 is 23.3 Å². The molecule has 0 aliphatic carbocycles. The smallest absolute Gasteiger partial charge is 0.449 e. The van der Waals surface area contributed by atoms with Crippen molar-refractivity contribution in [2.45, 2.75) is 86.7 Å². The summed E-state index contributed by atoms with van der Waals surface area (Å²) in [5.41, 5.74) is 6.73. The maximum atomic E-state index is 11.8. The minimum atomic E-state index is -2.12. The third-order valence-electron chi connectivity index (χ3n) is 7.59. The lowest BCUT2D eigenvalue weighted by Crippen LogP contribution is -2.08. The molecule has 1 atom stereocenters. The third kappa shape index (κ3) is 9.90. The average Bonchev–Trinajstić information content (AvgIpc) is 2.99. The molecule has 0 radical (unpaired) electrons. The molecule has 0 fully saturated rings. The van der Waals surface area contributed by atoms with Crippen LogP contribution in [0, 0.1) is 30.9 Å². The molecule has 0 aliphatic rings. The van der Waals surface area contributed by atoms with Gasteiger partial charge in [0.1, 0.15) is 23.0 Å². The average molecular weight is 678 g/mol. The Labute approximate surface area is 281 Å². The third-order valence-corrected chi connectivity index (χ3v) is 9.19. The van der Waals surface area contributed by atoms with Crippen molar-refractivity contribution in [2.24, 2.45) is 0 Å². The van der Waals surface area contributed by atoms with Crippen LogP contribution in [0.3, 0.4) is 0 Å². The molecule has 0 aliphatic heterocycles. The van der Waals surface area contributed by atoms with Crippen LogP contribution in [0.15, 0.2) is 72.8 Å². The second-order valence-electron chi connectivity index (χ2n) is 12.6. The van der Waals surface area contributed by atoms with E-state index in [1.807, 2.05) is 63.2 Å². The Balaban J connectivity index is 1.66. The van der Waals surface area contributed by atoms with Crippen LogP contribution >= 0.6 is 17.6 Å². The van der Waals surface area contributed by atoms with Crippen molar-refractivity contribution in [3.8, 4) is 23.0 Å². The first-order chi connectivity index (χ1) is 22.3. The van der Waals surface area contributed by atoms with E-state index in [4.69, 9.17) is 22.6 Å². The molecule has 0 heterocycles. The fourth-order valence-electron chi connectivity index (χ4n) is 4.94. The van der Waals surface area contributed by atoms with E-state index < -0.39 is 13.5 Å². The first-order valence-electron chi connectivity index (χ1n) is 15.8. The molecule has 0 saturated heterocycles. The van der Waals surface area contributed by atoms with E-state index in [2.05, 4.69) is 53.7 Å². The largest absolute Gasteiger partial charge is 0.530 e. The van der Waals surface area contributed by atoms with Gasteiger partial charge in [0, 0.05) is 11.6 Å². The predicted octanol–water partition coefficient (Wildman–Crippen LogP) is 11.8. The summed E-state index contributed by atoms with van der Waals surface area (Å²) in [6.45, 7) is 18.7. The molecule has 8 nitrogen and oxygen atoms in total. The molecule has 10 heteroatoms. The number of nitrogens with zero attached hydrogens (tertiary/aromatic N) is 1. The van der Waals surface area contributed by atoms with E-state index >= 15 is 0 Å². The quantitative estimate of drug-likeness (QED) is 0.0535. The van der Waals surface area contributed by atoms with Gasteiger partial charge >= 0.3 is 8.60 Å². The molecule has 0 aromatic heterocycles. The van der Waals surface area contributed by atoms with Crippen LogP contribution in [0.25, 0.3) is 0 Å². The van der Waals surface area contributed by atoms with Crippen LogP contribution in [0.1, 0.15) is 98.2 Å². The fraction of sp³-hybridized carbons (Fsp3) is 0.351. The second kappa shape index (κ2) is 16.4. The zero-order valence-electron chi connectivity index (χ0n) is 28.6. The lowest BCUT2D eigenvalue weighted by atomic mass is 10.0. The molecule has 4 rings (SSSR count). The van der Waals surface area contributed by atoms with Gasteiger partial charge in [0.25, 0.3) is 5.69 Å². The number of non-ortho nitro benzene ring substituents is 1. The van der Waals surface area contributed by atoms with Crippen molar-refractivity contribution in [1.82, 2.24) is 0 Å². The van der Waals surface area contributed by atoms with Crippen molar-refractivity contribution in [2.75, 3.05) is 0 Å². The highest BCUT2D eigenvalue weighted by atomic mass is 31.2. The number of nitro groups is 1. The van der Waals surface area contributed by atoms with E-state index in [1.54, 1.807) is 6.07 Å². The Morgan fingerprint density at radius 1 is 0.638 bits per heavy atom. The Hall–Kier alpha value is -3.70. The van der Waals surface area contributed by atoms with Gasteiger partial charge in [0.15, 0.2) is 0 Å². The number of rotatable bonds is 15. The van der Waals surface area contributed by atoms with Crippen LogP contribution < -0.4 is 18.1 Å². The lowest BCUT2D eigenvalue weighted by Gasteiger charge is -2.23. The molecular formula is C37H45NO7P2. The van der Waals surface area contributed by atoms with Crippen molar-refractivity contribution in [1.29, 1.82) is 0 Å². The highest BCUT2D eigenvalue weighted by Gasteiger charge is 2.27. The molecule has 47 heavy (non-hydrogen) atoms. The number of hydrogen-bond donors (Lipinski definition) is 0. The van der Waals surface area contributed by atoms with Crippen LogP contribution in [0.4, 0.5) is 5.69 Å². The van der Waals surface area contributed by atoms with Gasteiger partial charge in [-0.3, -0.25) is 10.1 Å². The summed E-state index contributed by atoms with van der Waals surface area (Å²) in [5, 5.41) is 11.8. The highest BCUT2D eigenvalue weighted by molar-refractivity contribution is 7.43. The molecular weight excluding hydrogens is 632 g/mol. The standard InChI is InChI=1S/C37H45NO7P2/c1-23(2)31-15-10-26(7)18-35(31)42-46-41-22-29-13-14-30(38(39)40)21-34(29)43-47(44-36-19-27(8)11-16-32(36)24(3)4)45-37-20-28(9)12-17-33(37)25(5)6/h10-21,23-25,46H,22H2,1-9H3. The van der Waals surface area contributed by atoms with Gasteiger partial charge in [0.2, 0.25) is 9.03 Å². The van der Waals surface area contributed by atoms with Gasteiger partial charge in [-0.1, -0.05) is 77.9 Å². The molecule has 0 saturated carbocycles. The lowest BCUT2D eigenvalue weighted by molar-refractivity contribution is -0.384. The summed E-state index contributed by atoms with van der Waals surface area (Å²) >= 11 is 0. The molecule has 250 valence electrons. The number of benzene rings is 4. The van der Waals surface area contributed by atoms with E-state index in [-0.39, 0.29) is 38.9 Å². The van der Waals surface area contributed by atoms with Crippen molar-refractivity contribution in [3.63, 3.8) is 0 Å². The second-order valence-corrected chi connectivity index (χ2v) is 14.3. The van der Waals surface area contributed by atoms with E-state index in [0.717, 1.165) is 39.1 Å². The molecule has 0 N–H and O–H groups in total. The van der Waals surface area contributed by atoms with Crippen LogP contribution in [-0.4, -0.2) is 4.92 Å². The number of nitro benzene ring substituents is 1. The minimum Gasteiger partial charge on any atom is -0.449 e. The first kappa shape index (κ1) is 36.1. The Bertz CT molecular complexity index is 1630. The summed E-state index contributed by atoms with van der Waals surface area (Å²) in [7, 11) is -2.42. The van der Waals surface area contributed by atoms with Crippen LogP contribution in [0.5, 0.6) is 23.0 Å². The van der Waals surface area contributed by atoms with Crippen molar-refractivity contribution in [3.05, 3.63) is 122 Å². The van der Waals surface area contributed by atoms with Gasteiger partial charge < -0.3 is 22.6 Å². The summed E-state index contributed by atoms with van der Waals surface area (Å²) in [6, 6.07) is 22.7. The molecule has 1 unspecified atom stereocenters. The summed E-state index contributed by atoms with van der Waals surface area (Å²) < 4.78 is 31.6. The van der Waals surface area contributed by atoms with E-state index in [9.17, 15) is 10.1 Å². The minimum absolute atomic E-state index is 0.0984. The Morgan fingerprint density at radius 2 is 1.09 bits per heavy atom. The summed E-state index contributed by atoms with van der Waals surface area (Å²) in [4.78, 5) is 11.4. The summed E-state index contributed by atoms with van der Waals surface area (Å²) in [6.07, 6.45) is 0. The fourth-order valence-corrected chi connectivity index (χ4v) is 6.56. The zero-order valence-corrected chi connectivity index (χ0v) is 30.5. The van der Waals surface area contributed by atoms with E-state index in [1.165, 1.54) is 12.1 Å². The summed E-state index contributed by atoms with van der Waals surface area (Å²) in [5.74, 6) is 2.95. The topological polar surface area (TPSA) is 89.3 Å². The zero-order chi connectivity index (χ0) is 34.2. The molecule has 4 aromatic carbocycles. The van der Waals surface area contributed by atoms with E-state index in [0.29, 0.717) is 23.0 Å². The molecule has 0 spiro atoms. The first-order valence-corrected chi connectivity index (χ1v) is 17.7. The van der Waals surface area contributed by atoms with Gasteiger partial charge in [-0.25, -0.2) is 0 Å². The maximum Gasteiger partial charge on any atom is 0.530 e. The highest BCUT2D eigenvalue weighted by Crippen LogP contribution is 2.48. The van der Waals surface area contributed by atoms with Gasteiger partial charge in [-0.05, 0) is 96.2 Å². The van der Waals surface area contributed by atoms with Gasteiger partial charge in [0.05, 0.1) is 17.6 Å². The Kier molecular flexibility index (Phi) is 12.6. The monoisotopic (exact) mass is 677 g/mol. The molecule has 0 amide bonds. The molecule has 4 aromatic rings. The normalized spacial score (nSPS) is 11.7. The van der Waals surface area contributed by atoms with Gasteiger partial charge in [-0.15, -0.1) is 0 Å². The van der Waals surface area contributed by atoms with Gasteiger partial charge in [-0.2, -0.15) is 0 Å². The predicted molar refractivity (Wildman–Crippen MR) is 191 cm³/mol. The SMILES string of the molecule is Cc1ccc(C(C)C)c(OPOCc2ccc([N+](=O)[O-])cc2OP(Oc2cc(C)ccc2C(C)C)Oc2cc(C)ccc2C(C)C)c1. The number of aryl methyl sites for hydroxylation is 3. The number of hydrogen-bond acceptors (Lipinski definition) is 7.